The summed E-state index contributed by atoms with van der Waals surface area (Å²) in [5.41, 5.74) is 8.24. The van der Waals surface area contributed by atoms with Crippen LogP contribution in [-0.2, 0) is 11.3 Å². The lowest BCUT2D eigenvalue weighted by atomic mass is 10.2. The minimum absolute atomic E-state index is 0.113. The van der Waals surface area contributed by atoms with Crippen molar-refractivity contribution in [3.63, 3.8) is 0 Å². The fraction of sp³-hybridized carbons (Fsp3) is 0.0625. The van der Waals surface area contributed by atoms with E-state index >= 15 is 0 Å². The summed E-state index contributed by atoms with van der Waals surface area (Å²) in [4.78, 5) is 12.1. The fourth-order valence-corrected chi connectivity index (χ4v) is 2.44. The molecule has 0 saturated carbocycles. The molecule has 3 aromatic rings. The second-order valence-electron chi connectivity index (χ2n) is 4.78. The van der Waals surface area contributed by atoms with Crippen molar-refractivity contribution < 1.29 is 4.79 Å². The largest absolute Gasteiger partial charge is 0.397 e. The van der Waals surface area contributed by atoms with Gasteiger partial charge in [0.05, 0.1) is 11.2 Å². The molecule has 5 heteroatoms. The van der Waals surface area contributed by atoms with Crippen molar-refractivity contribution in [3.05, 3.63) is 59.8 Å². The standard InChI is InChI=1S/C16H14ClN3O/c17-12-4-6-13(7-5-12)19-15(21)10-20-9-8-11-2-1-3-14(18)16(11)20/h1-9H,10,18H2,(H,19,21). The van der Waals surface area contributed by atoms with Crippen LogP contribution in [0, 0.1) is 0 Å². The lowest BCUT2D eigenvalue weighted by molar-refractivity contribution is -0.116. The van der Waals surface area contributed by atoms with Gasteiger partial charge in [0.25, 0.3) is 0 Å². The Balaban J connectivity index is 1.79. The highest BCUT2D eigenvalue weighted by molar-refractivity contribution is 6.30. The molecule has 1 aromatic heterocycles. The molecule has 0 aliphatic rings. The molecule has 0 atom stereocenters. The third-order valence-corrected chi connectivity index (χ3v) is 3.51. The molecule has 1 amide bonds. The number of hydrogen-bond acceptors (Lipinski definition) is 2. The van der Waals surface area contributed by atoms with Crippen LogP contribution in [0.1, 0.15) is 0 Å². The van der Waals surface area contributed by atoms with E-state index in [4.69, 9.17) is 17.3 Å². The number of carbonyl (C=O) groups excluding carboxylic acids is 1. The van der Waals surface area contributed by atoms with Crippen molar-refractivity contribution in [1.29, 1.82) is 0 Å². The number of rotatable bonds is 3. The van der Waals surface area contributed by atoms with Gasteiger partial charge in [-0.3, -0.25) is 4.79 Å². The first-order valence-electron chi connectivity index (χ1n) is 6.52. The van der Waals surface area contributed by atoms with Gasteiger partial charge in [0.15, 0.2) is 0 Å². The molecule has 0 saturated heterocycles. The number of hydrogen-bond donors (Lipinski definition) is 2. The highest BCUT2D eigenvalue weighted by atomic mass is 35.5. The summed E-state index contributed by atoms with van der Waals surface area (Å²) in [6.07, 6.45) is 1.86. The molecule has 3 N–H and O–H groups in total. The number of halogens is 1. The Morgan fingerprint density at radius 2 is 1.90 bits per heavy atom. The average molecular weight is 300 g/mol. The van der Waals surface area contributed by atoms with Crippen LogP contribution >= 0.6 is 11.6 Å². The first kappa shape index (κ1) is 13.5. The zero-order valence-corrected chi connectivity index (χ0v) is 12.0. The highest BCUT2D eigenvalue weighted by Gasteiger charge is 2.08. The lowest BCUT2D eigenvalue weighted by Crippen LogP contribution is -2.18. The average Bonchev–Trinajstić information content (AvgIpc) is 2.86. The summed E-state index contributed by atoms with van der Waals surface area (Å²) in [7, 11) is 0. The Morgan fingerprint density at radius 3 is 2.67 bits per heavy atom. The van der Waals surface area contributed by atoms with Crippen molar-refractivity contribution in [2.24, 2.45) is 0 Å². The number of aromatic nitrogens is 1. The van der Waals surface area contributed by atoms with E-state index in [1.54, 1.807) is 24.3 Å². The Labute approximate surface area is 127 Å². The van der Waals surface area contributed by atoms with E-state index < -0.39 is 0 Å². The number of carbonyl (C=O) groups is 1. The van der Waals surface area contributed by atoms with Gasteiger partial charge in [-0.05, 0) is 36.4 Å². The van der Waals surface area contributed by atoms with Crippen LogP contribution < -0.4 is 11.1 Å². The molecule has 0 fully saturated rings. The van der Waals surface area contributed by atoms with Gasteiger partial charge in [-0.15, -0.1) is 0 Å². The molecule has 0 aliphatic heterocycles. The summed E-state index contributed by atoms with van der Waals surface area (Å²) < 4.78 is 1.84. The maximum absolute atomic E-state index is 12.1. The van der Waals surface area contributed by atoms with Crippen molar-refractivity contribution in [2.45, 2.75) is 6.54 Å². The highest BCUT2D eigenvalue weighted by Crippen LogP contribution is 2.22. The maximum Gasteiger partial charge on any atom is 0.244 e. The van der Waals surface area contributed by atoms with Gasteiger partial charge >= 0.3 is 0 Å². The molecule has 1 heterocycles. The zero-order chi connectivity index (χ0) is 14.8. The number of para-hydroxylation sites is 1. The van der Waals surface area contributed by atoms with E-state index in [1.165, 1.54) is 0 Å². The quantitative estimate of drug-likeness (QED) is 0.727. The third kappa shape index (κ3) is 2.85. The van der Waals surface area contributed by atoms with E-state index in [0.29, 0.717) is 16.4 Å². The second kappa shape index (κ2) is 5.50. The SMILES string of the molecule is Nc1cccc2ccn(CC(=O)Nc3ccc(Cl)cc3)c12. The van der Waals surface area contributed by atoms with Crippen LogP contribution in [0.3, 0.4) is 0 Å². The minimum atomic E-state index is -0.113. The van der Waals surface area contributed by atoms with Crippen LogP contribution in [0.5, 0.6) is 0 Å². The first-order valence-corrected chi connectivity index (χ1v) is 6.90. The Morgan fingerprint density at radius 1 is 1.14 bits per heavy atom. The van der Waals surface area contributed by atoms with E-state index in [-0.39, 0.29) is 12.5 Å². The van der Waals surface area contributed by atoms with Crippen LogP contribution in [0.25, 0.3) is 10.9 Å². The summed E-state index contributed by atoms with van der Waals surface area (Å²) >= 11 is 5.82. The van der Waals surface area contributed by atoms with Crippen molar-refractivity contribution in [3.8, 4) is 0 Å². The molecule has 106 valence electrons. The van der Waals surface area contributed by atoms with Crippen molar-refractivity contribution in [2.75, 3.05) is 11.1 Å². The third-order valence-electron chi connectivity index (χ3n) is 3.26. The Hall–Kier alpha value is -2.46. The molecule has 0 radical (unpaired) electrons. The first-order chi connectivity index (χ1) is 10.1. The normalized spacial score (nSPS) is 10.7. The number of nitrogens with two attached hydrogens (primary N) is 1. The lowest BCUT2D eigenvalue weighted by Gasteiger charge is -2.08. The van der Waals surface area contributed by atoms with Gasteiger partial charge in [0, 0.05) is 22.3 Å². The summed E-state index contributed by atoms with van der Waals surface area (Å²) in [6, 6.07) is 14.7. The van der Waals surface area contributed by atoms with Gasteiger partial charge in [0.2, 0.25) is 5.91 Å². The molecule has 2 aromatic carbocycles. The Kier molecular flexibility index (Phi) is 3.54. The fourth-order valence-electron chi connectivity index (χ4n) is 2.31. The van der Waals surface area contributed by atoms with Crippen LogP contribution in [-0.4, -0.2) is 10.5 Å². The molecule has 3 rings (SSSR count). The molecule has 0 spiro atoms. The van der Waals surface area contributed by atoms with E-state index in [1.807, 2.05) is 35.0 Å². The van der Waals surface area contributed by atoms with E-state index in [2.05, 4.69) is 5.32 Å². The Bertz CT molecular complexity index is 793. The van der Waals surface area contributed by atoms with Crippen molar-refractivity contribution >= 4 is 39.8 Å². The number of nitrogens with zero attached hydrogens (tertiary/aromatic N) is 1. The molecule has 21 heavy (non-hydrogen) atoms. The number of fused-ring (bicyclic) bond motifs is 1. The number of nitrogens with one attached hydrogen (secondary N) is 1. The van der Waals surface area contributed by atoms with Gasteiger partial charge in [-0.25, -0.2) is 0 Å². The van der Waals surface area contributed by atoms with Gasteiger partial charge in [-0.2, -0.15) is 0 Å². The topological polar surface area (TPSA) is 60.0 Å². The monoisotopic (exact) mass is 299 g/mol. The van der Waals surface area contributed by atoms with Crippen LogP contribution in [0.4, 0.5) is 11.4 Å². The van der Waals surface area contributed by atoms with Crippen LogP contribution in [0.2, 0.25) is 5.02 Å². The van der Waals surface area contributed by atoms with Crippen LogP contribution in [0.15, 0.2) is 54.7 Å². The van der Waals surface area contributed by atoms with E-state index in [9.17, 15) is 4.79 Å². The van der Waals surface area contributed by atoms with E-state index in [0.717, 1.165) is 10.9 Å². The summed E-state index contributed by atoms with van der Waals surface area (Å²) in [5.74, 6) is -0.113. The zero-order valence-electron chi connectivity index (χ0n) is 11.2. The molecule has 0 bridgehead atoms. The molecular formula is C16H14ClN3O. The van der Waals surface area contributed by atoms with Gasteiger partial charge in [0.1, 0.15) is 6.54 Å². The van der Waals surface area contributed by atoms with Crippen molar-refractivity contribution in [1.82, 2.24) is 4.57 Å². The predicted octanol–water partition coefficient (Wildman–Crippen LogP) is 3.52. The molecular weight excluding hydrogens is 286 g/mol. The number of anilines is 2. The maximum atomic E-state index is 12.1. The van der Waals surface area contributed by atoms with Gasteiger partial charge in [-0.1, -0.05) is 23.7 Å². The smallest absolute Gasteiger partial charge is 0.244 e. The predicted molar refractivity (Wildman–Crippen MR) is 86.4 cm³/mol. The molecule has 0 unspecified atom stereocenters. The summed E-state index contributed by atoms with van der Waals surface area (Å²) in [6.45, 7) is 0.209. The number of amides is 1. The van der Waals surface area contributed by atoms with Gasteiger partial charge < -0.3 is 15.6 Å². The number of benzene rings is 2. The second-order valence-corrected chi connectivity index (χ2v) is 5.22. The molecule has 0 aliphatic carbocycles. The number of nitrogen functional groups attached to an aromatic ring is 1. The molecule has 4 nitrogen and oxygen atoms in total. The minimum Gasteiger partial charge on any atom is -0.397 e. The summed E-state index contributed by atoms with van der Waals surface area (Å²) in [5, 5.41) is 4.49.